The summed E-state index contributed by atoms with van der Waals surface area (Å²) in [6.45, 7) is 4.73. The monoisotopic (exact) mass is 340 g/mol. The summed E-state index contributed by atoms with van der Waals surface area (Å²) in [6, 6.07) is 8.52. The lowest BCUT2D eigenvalue weighted by atomic mass is 9.99. The second kappa shape index (κ2) is 9.37. The van der Waals surface area contributed by atoms with Gasteiger partial charge in [-0.2, -0.15) is 0 Å². The van der Waals surface area contributed by atoms with E-state index in [2.05, 4.69) is 28.2 Å². The number of urea groups is 1. The molecule has 1 fully saturated rings. The molecule has 3 atom stereocenters. The molecule has 0 saturated carbocycles. The molecule has 1 saturated heterocycles. The summed E-state index contributed by atoms with van der Waals surface area (Å²) in [7, 11) is 0. The predicted molar refractivity (Wildman–Crippen MR) is 93.9 cm³/mol. The minimum absolute atomic E-state index is 0. The van der Waals surface area contributed by atoms with Crippen LogP contribution in [-0.2, 0) is 4.79 Å². The Morgan fingerprint density at radius 2 is 1.96 bits per heavy atom. The summed E-state index contributed by atoms with van der Waals surface area (Å²) in [6.07, 6.45) is 2.01. The third-order valence-corrected chi connectivity index (χ3v) is 3.86. The standard InChI is InChI=1S/C16H24N4O2.ClH/c1-11-14(9-6-10-17-11)20-15(21)12(2)18-16(22)19-13-7-4-3-5-8-13;/h3-5,7-8,11-12,14,17H,6,9-10H2,1-2H3,(H,20,21)(H2,18,19,22);1H. The van der Waals surface area contributed by atoms with Gasteiger partial charge in [-0.1, -0.05) is 18.2 Å². The Labute approximate surface area is 143 Å². The maximum Gasteiger partial charge on any atom is 0.319 e. The van der Waals surface area contributed by atoms with Crippen molar-refractivity contribution < 1.29 is 9.59 Å². The molecule has 23 heavy (non-hydrogen) atoms. The third-order valence-electron chi connectivity index (χ3n) is 3.86. The molecule has 128 valence electrons. The first kappa shape index (κ1) is 19.3. The van der Waals surface area contributed by atoms with Gasteiger partial charge < -0.3 is 21.3 Å². The van der Waals surface area contributed by atoms with E-state index >= 15 is 0 Å². The Hall–Kier alpha value is -1.79. The van der Waals surface area contributed by atoms with Crippen LogP contribution in [-0.4, -0.2) is 36.6 Å². The van der Waals surface area contributed by atoms with Crippen molar-refractivity contribution in [1.29, 1.82) is 0 Å². The maximum absolute atomic E-state index is 12.2. The van der Waals surface area contributed by atoms with E-state index in [0.717, 1.165) is 19.4 Å². The summed E-state index contributed by atoms with van der Waals surface area (Å²) in [4.78, 5) is 24.0. The Kier molecular flexibility index (Phi) is 7.85. The molecule has 0 radical (unpaired) electrons. The highest BCUT2D eigenvalue weighted by Crippen LogP contribution is 2.08. The maximum atomic E-state index is 12.2. The average Bonchev–Trinajstić information content (AvgIpc) is 2.50. The van der Waals surface area contributed by atoms with Crippen molar-refractivity contribution in [2.24, 2.45) is 0 Å². The van der Waals surface area contributed by atoms with E-state index in [1.54, 1.807) is 19.1 Å². The molecule has 0 bridgehead atoms. The Bertz CT molecular complexity index is 512. The van der Waals surface area contributed by atoms with Gasteiger partial charge in [0, 0.05) is 17.8 Å². The van der Waals surface area contributed by atoms with Gasteiger partial charge in [-0.15, -0.1) is 12.4 Å². The number of anilines is 1. The molecule has 1 aliphatic heterocycles. The smallest absolute Gasteiger partial charge is 0.319 e. The molecule has 6 nitrogen and oxygen atoms in total. The molecular formula is C16H25ClN4O2. The number of halogens is 1. The van der Waals surface area contributed by atoms with E-state index in [1.165, 1.54) is 0 Å². The van der Waals surface area contributed by atoms with Gasteiger partial charge in [0.2, 0.25) is 5.91 Å². The molecule has 0 aromatic heterocycles. The highest BCUT2D eigenvalue weighted by atomic mass is 35.5. The van der Waals surface area contributed by atoms with Crippen molar-refractivity contribution >= 4 is 30.0 Å². The SMILES string of the molecule is CC(NC(=O)Nc1ccccc1)C(=O)NC1CCCNC1C.Cl. The van der Waals surface area contributed by atoms with Crippen LogP contribution in [0.15, 0.2) is 30.3 Å². The largest absolute Gasteiger partial charge is 0.350 e. The fourth-order valence-electron chi connectivity index (χ4n) is 2.50. The van der Waals surface area contributed by atoms with Gasteiger partial charge in [0.1, 0.15) is 6.04 Å². The molecule has 1 aromatic carbocycles. The quantitative estimate of drug-likeness (QED) is 0.675. The van der Waals surface area contributed by atoms with Crippen LogP contribution in [0.3, 0.4) is 0 Å². The molecule has 7 heteroatoms. The highest BCUT2D eigenvalue weighted by Gasteiger charge is 2.25. The van der Waals surface area contributed by atoms with Crippen LogP contribution < -0.4 is 21.3 Å². The van der Waals surface area contributed by atoms with E-state index in [4.69, 9.17) is 0 Å². The number of amides is 3. The zero-order valence-electron chi connectivity index (χ0n) is 13.5. The molecule has 0 aliphatic carbocycles. The van der Waals surface area contributed by atoms with E-state index < -0.39 is 6.04 Å². The molecule has 1 heterocycles. The number of nitrogens with one attached hydrogen (secondary N) is 4. The number of rotatable bonds is 4. The van der Waals surface area contributed by atoms with Gasteiger partial charge in [0.25, 0.3) is 0 Å². The van der Waals surface area contributed by atoms with Crippen LogP contribution in [0.2, 0.25) is 0 Å². The van der Waals surface area contributed by atoms with Gasteiger partial charge in [-0.05, 0) is 45.4 Å². The lowest BCUT2D eigenvalue weighted by molar-refractivity contribution is -0.123. The van der Waals surface area contributed by atoms with Crippen molar-refractivity contribution in [2.45, 2.75) is 44.8 Å². The number of benzene rings is 1. The Balaban J connectivity index is 0.00000264. The van der Waals surface area contributed by atoms with Crippen LogP contribution in [0.5, 0.6) is 0 Å². The summed E-state index contributed by atoms with van der Waals surface area (Å²) >= 11 is 0. The summed E-state index contributed by atoms with van der Waals surface area (Å²) < 4.78 is 0. The molecule has 3 unspecified atom stereocenters. The molecule has 1 aliphatic rings. The van der Waals surface area contributed by atoms with Crippen molar-refractivity contribution in [2.75, 3.05) is 11.9 Å². The van der Waals surface area contributed by atoms with Gasteiger partial charge >= 0.3 is 6.03 Å². The lowest BCUT2D eigenvalue weighted by Crippen LogP contribution is -2.56. The first-order chi connectivity index (χ1) is 10.6. The van der Waals surface area contributed by atoms with Crippen LogP contribution in [0, 0.1) is 0 Å². The second-order valence-corrected chi connectivity index (χ2v) is 5.69. The van der Waals surface area contributed by atoms with Crippen molar-refractivity contribution in [3.63, 3.8) is 0 Å². The highest BCUT2D eigenvalue weighted by molar-refractivity contribution is 5.93. The fourth-order valence-corrected chi connectivity index (χ4v) is 2.50. The predicted octanol–water partition coefficient (Wildman–Crippen LogP) is 1.88. The normalized spacial score (nSPS) is 21.5. The first-order valence-corrected chi connectivity index (χ1v) is 7.72. The summed E-state index contributed by atoms with van der Waals surface area (Å²) in [5.41, 5.74) is 0.692. The van der Waals surface area contributed by atoms with Crippen LogP contribution in [0.4, 0.5) is 10.5 Å². The average molecular weight is 341 g/mol. The van der Waals surface area contributed by atoms with Gasteiger partial charge in [0.15, 0.2) is 0 Å². The van der Waals surface area contributed by atoms with Gasteiger partial charge in [-0.3, -0.25) is 4.79 Å². The van der Waals surface area contributed by atoms with Crippen molar-refractivity contribution in [3.8, 4) is 0 Å². The minimum atomic E-state index is -0.585. The van der Waals surface area contributed by atoms with Crippen LogP contribution in [0.1, 0.15) is 26.7 Å². The topological polar surface area (TPSA) is 82.3 Å². The first-order valence-electron chi connectivity index (χ1n) is 7.72. The molecular weight excluding hydrogens is 316 g/mol. The third kappa shape index (κ3) is 6.08. The summed E-state index contributed by atoms with van der Waals surface area (Å²) in [5.74, 6) is -0.163. The summed E-state index contributed by atoms with van der Waals surface area (Å²) in [5, 5.41) is 11.7. The van der Waals surface area contributed by atoms with Crippen molar-refractivity contribution in [1.82, 2.24) is 16.0 Å². The van der Waals surface area contributed by atoms with E-state index in [-0.39, 0.29) is 36.4 Å². The van der Waals surface area contributed by atoms with E-state index in [1.807, 2.05) is 18.2 Å². The van der Waals surface area contributed by atoms with Crippen molar-refractivity contribution in [3.05, 3.63) is 30.3 Å². The lowest BCUT2D eigenvalue weighted by Gasteiger charge is -2.31. The minimum Gasteiger partial charge on any atom is -0.350 e. The Morgan fingerprint density at radius 3 is 2.61 bits per heavy atom. The van der Waals surface area contributed by atoms with Crippen LogP contribution in [0.25, 0.3) is 0 Å². The molecule has 3 amide bonds. The second-order valence-electron chi connectivity index (χ2n) is 5.69. The number of para-hydroxylation sites is 1. The molecule has 4 N–H and O–H groups in total. The molecule has 0 spiro atoms. The number of carbonyl (C=O) groups excluding carboxylic acids is 2. The number of hydrogen-bond acceptors (Lipinski definition) is 3. The van der Waals surface area contributed by atoms with Gasteiger partial charge in [0.05, 0.1) is 0 Å². The van der Waals surface area contributed by atoms with Gasteiger partial charge in [-0.25, -0.2) is 4.79 Å². The van der Waals surface area contributed by atoms with Crippen LogP contribution >= 0.6 is 12.4 Å². The van der Waals surface area contributed by atoms with E-state index in [9.17, 15) is 9.59 Å². The zero-order chi connectivity index (χ0) is 15.9. The molecule has 1 aromatic rings. The fraction of sp³-hybridized carbons (Fsp3) is 0.500. The molecule has 2 rings (SSSR count). The zero-order valence-corrected chi connectivity index (χ0v) is 14.3. The number of piperidine rings is 1. The van der Waals surface area contributed by atoms with E-state index in [0.29, 0.717) is 5.69 Å². The number of carbonyl (C=O) groups is 2. The number of hydrogen-bond donors (Lipinski definition) is 4. The Morgan fingerprint density at radius 1 is 1.26 bits per heavy atom.